The Labute approximate surface area is 140 Å². The molecule has 2 unspecified atom stereocenters. The molecule has 5 heteroatoms. The highest BCUT2D eigenvalue weighted by atomic mass is 16.3. The maximum absolute atomic E-state index is 13.0. The molecule has 1 aliphatic heterocycles. The van der Waals surface area contributed by atoms with Gasteiger partial charge in [-0.1, -0.05) is 12.8 Å². The van der Waals surface area contributed by atoms with Crippen LogP contribution < -0.4 is 5.56 Å². The fourth-order valence-electron chi connectivity index (χ4n) is 4.25. The zero-order chi connectivity index (χ0) is 16.5. The molecular weight excluding hydrogens is 304 g/mol. The average Bonchev–Trinajstić information content (AvgIpc) is 3.15. The zero-order valence-corrected chi connectivity index (χ0v) is 13.7. The van der Waals surface area contributed by atoms with Gasteiger partial charge in [0.2, 0.25) is 0 Å². The van der Waals surface area contributed by atoms with Crippen LogP contribution in [0, 0.1) is 5.92 Å². The number of carbonyl (C=O) groups excluding carboxylic acids is 1. The summed E-state index contributed by atoms with van der Waals surface area (Å²) in [6.45, 7) is 0.763. The van der Waals surface area contributed by atoms with Crippen molar-refractivity contribution in [3.05, 3.63) is 46.4 Å². The molecule has 1 saturated carbocycles. The van der Waals surface area contributed by atoms with Gasteiger partial charge in [0, 0.05) is 12.6 Å². The number of hydrogen-bond acceptors (Lipinski definition) is 3. The lowest BCUT2D eigenvalue weighted by Crippen LogP contribution is -2.50. The van der Waals surface area contributed by atoms with Crippen molar-refractivity contribution in [2.75, 3.05) is 6.54 Å². The first kappa shape index (κ1) is 15.2. The normalized spacial score (nSPS) is 23.8. The van der Waals surface area contributed by atoms with Gasteiger partial charge in [-0.15, -0.1) is 0 Å². The number of amides is 1. The lowest BCUT2D eigenvalue weighted by molar-refractivity contribution is 0.0389. The SMILES string of the molecule is O=C(c1ccc(-c2ccco2)[nH]c1=O)N1CCCC2CCCCC21. The number of aromatic amines is 1. The quantitative estimate of drug-likeness (QED) is 0.919. The largest absolute Gasteiger partial charge is 0.463 e. The van der Waals surface area contributed by atoms with Crippen LogP contribution in [-0.4, -0.2) is 28.4 Å². The van der Waals surface area contributed by atoms with Gasteiger partial charge < -0.3 is 14.3 Å². The van der Waals surface area contributed by atoms with E-state index in [4.69, 9.17) is 4.42 Å². The maximum Gasteiger partial charge on any atom is 0.261 e. The van der Waals surface area contributed by atoms with E-state index in [1.54, 1.807) is 30.5 Å². The van der Waals surface area contributed by atoms with E-state index >= 15 is 0 Å². The number of pyridine rings is 1. The Morgan fingerprint density at radius 2 is 1.96 bits per heavy atom. The fourth-order valence-corrected chi connectivity index (χ4v) is 4.25. The van der Waals surface area contributed by atoms with Crippen molar-refractivity contribution in [2.24, 2.45) is 5.92 Å². The first-order valence-corrected chi connectivity index (χ1v) is 8.82. The number of nitrogens with one attached hydrogen (secondary N) is 1. The standard InChI is InChI=1S/C19H22N2O3/c22-18-14(9-10-15(20-18)17-8-4-12-24-17)19(23)21-11-3-6-13-5-1-2-7-16(13)21/h4,8-10,12-13,16H,1-3,5-7,11H2,(H,20,22). The molecule has 0 bridgehead atoms. The summed E-state index contributed by atoms with van der Waals surface area (Å²) in [4.78, 5) is 30.1. The topological polar surface area (TPSA) is 66.3 Å². The number of piperidine rings is 1. The first-order chi connectivity index (χ1) is 11.7. The van der Waals surface area contributed by atoms with E-state index in [1.165, 1.54) is 25.7 Å². The summed E-state index contributed by atoms with van der Waals surface area (Å²) in [5, 5.41) is 0. The van der Waals surface area contributed by atoms with Crippen molar-refractivity contribution >= 4 is 5.91 Å². The smallest absolute Gasteiger partial charge is 0.261 e. The molecule has 2 aromatic heterocycles. The summed E-state index contributed by atoms with van der Waals surface area (Å²) < 4.78 is 5.30. The van der Waals surface area contributed by atoms with Crippen LogP contribution in [0.1, 0.15) is 48.9 Å². The molecule has 2 atom stereocenters. The minimum atomic E-state index is -0.341. The molecule has 126 valence electrons. The van der Waals surface area contributed by atoms with Crippen LogP contribution in [0.15, 0.2) is 39.7 Å². The second-order valence-electron chi connectivity index (χ2n) is 6.84. The molecule has 24 heavy (non-hydrogen) atoms. The van der Waals surface area contributed by atoms with Crippen molar-refractivity contribution in [3.8, 4) is 11.5 Å². The Balaban J connectivity index is 1.61. The van der Waals surface area contributed by atoms with E-state index in [-0.39, 0.29) is 17.0 Å². The van der Waals surface area contributed by atoms with Crippen LogP contribution in [0.3, 0.4) is 0 Å². The van der Waals surface area contributed by atoms with Gasteiger partial charge in [0.15, 0.2) is 0 Å². The number of rotatable bonds is 2. The van der Waals surface area contributed by atoms with E-state index < -0.39 is 0 Å². The average molecular weight is 326 g/mol. The van der Waals surface area contributed by atoms with E-state index in [1.807, 2.05) is 4.90 Å². The number of hydrogen-bond donors (Lipinski definition) is 1. The van der Waals surface area contributed by atoms with Crippen LogP contribution in [0.4, 0.5) is 0 Å². The van der Waals surface area contributed by atoms with Gasteiger partial charge in [-0.25, -0.2) is 0 Å². The molecule has 3 heterocycles. The summed E-state index contributed by atoms with van der Waals surface area (Å²) >= 11 is 0. The van der Waals surface area contributed by atoms with Gasteiger partial charge in [-0.05, 0) is 55.9 Å². The van der Waals surface area contributed by atoms with Gasteiger partial charge in [-0.3, -0.25) is 9.59 Å². The van der Waals surface area contributed by atoms with Crippen LogP contribution in [0.25, 0.3) is 11.5 Å². The predicted molar refractivity (Wildman–Crippen MR) is 90.8 cm³/mol. The molecule has 2 aliphatic rings. The Kier molecular flexibility index (Phi) is 4.00. The highest BCUT2D eigenvalue weighted by Crippen LogP contribution is 2.35. The van der Waals surface area contributed by atoms with Crippen LogP contribution in [0.2, 0.25) is 0 Å². The van der Waals surface area contributed by atoms with E-state index in [9.17, 15) is 9.59 Å². The molecule has 4 rings (SSSR count). The monoisotopic (exact) mass is 326 g/mol. The van der Waals surface area contributed by atoms with Gasteiger partial charge in [0.1, 0.15) is 11.3 Å². The van der Waals surface area contributed by atoms with Crippen LogP contribution >= 0.6 is 0 Å². The molecule has 1 N–H and O–H groups in total. The third kappa shape index (κ3) is 2.68. The number of likely N-dealkylation sites (tertiary alicyclic amines) is 1. The highest BCUT2D eigenvalue weighted by Gasteiger charge is 2.36. The molecule has 0 aromatic carbocycles. The van der Waals surface area contributed by atoms with Crippen molar-refractivity contribution < 1.29 is 9.21 Å². The van der Waals surface area contributed by atoms with Crippen molar-refractivity contribution in [1.82, 2.24) is 9.88 Å². The molecule has 1 saturated heterocycles. The third-order valence-electron chi connectivity index (χ3n) is 5.43. The lowest BCUT2D eigenvalue weighted by Gasteiger charge is -2.44. The minimum Gasteiger partial charge on any atom is -0.463 e. The van der Waals surface area contributed by atoms with E-state index in [0.29, 0.717) is 23.4 Å². The summed E-state index contributed by atoms with van der Waals surface area (Å²) in [5.41, 5.74) is 0.485. The Hall–Kier alpha value is -2.30. The van der Waals surface area contributed by atoms with Gasteiger partial charge in [0.25, 0.3) is 11.5 Å². The highest BCUT2D eigenvalue weighted by molar-refractivity contribution is 5.94. The molecule has 2 aromatic rings. The second-order valence-corrected chi connectivity index (χ2v) is 6.84. The Morgan fingerprint density at radius 3 is 2.75 bits per heavy atom. The van der Waals surface area contributed by atoms with Crippen LogP contribution in [0.5, 0.6) is 0 Å². The van der Waals surface area contributed by atoms with Crippen molar-refractivity contribution in [2.45, 2.75) is 44.6 Å². The van der Waals surface area contributed by atoms with E-state index in [0.717, 1.165) is 19.4 Å². The second kappa shape index (κ2) is 6.30. The maximum atomic E-state index is 13.0. The Bertz CT molecular complexity index is 776. The number of fused-ring (bicyclic) bond motifs is 1. The third-order valence-corrected chi connectivity index (χ3v) is 5.43. The molecule has 5 nitrogen and oxygen atoms in total. The number of aromatic nitrogens is 1. The summed E-state index contributed by atoms with van der Waals surface area (Å²) in [6.07, 6.45) is 8.53. The number of carbonyl (C=O) groups is 1. The van der Waals surface area contributed by atoms with Gasteiger partial charge in [-0.2, -0.15) is 0 Å². The minimum absolute atomic E-state index is 0.126. The van der Waals surface area contributed by atoms with Crippen LogP contribution in [-0.2, 0) is 0 Å². The molecule has 2 fully saturated rings. The van der Waals surface area contributed by atoms with Crippen molar-refractivity contribution in [3.63, 3.8) is 0 Å². The number of H-pyrrole nitrogens is 1. The Morgan fingerprint density at radius 1 is 1.12 bits per heavy atom. The zero-order valence-electron chi connectivity index (χ0n) is 13.7. The number of nitrogens with zero attached hydrogens (tertiary/aromatic N) is 1. The van der Waals surface area contributed by atoms with Crippen molar-refractivity contribution in [1.29, 1.82) is 0 Å². The lowest BCUT2D eigenvalue weighted by atomic mass is 9.78. The van der Waals surface area contributed by atoms with E-state index in [2.05, 4.69) is 4.98 Å². The molecule has 0 spiro atoms. The summed E-state index contributed by atoms with van der Waals surface area (Å²) in [5.74, 6) is 1.08. The fraction of sp³-hybridized carbons (Fsp3) is 0.474. The van der Waals surface area contributed by atoms with Gasteiger partial charge >= 0.3 is 0 Å². The van der Waals surface area contributed by atoms with Gasteiger partial charge in [0.05, 0.1) is 12.0 Å². The molecule has 1 aliphatic carbocycles. The predicted octanol–water partition coefficient (Wildman–Crippen LogP) is 3.43. The molecule has 0 radical (unpaired) electrons. The summed E-state index contributed by atoms with van der Waals surface area (Å²) in [6, 6.07) is 7.23. The number of furan rings is 1. The summed E-state index contributed by atoms with van der Waals surface area (Å²) in [7, 11) is 0. The molecular formula is C19H22N2O3. The molecule has 1 amide bonds. The first-order valence-electron chi connectivity index (χ1n) is 8.82.